The zero-order chi connectivity index (χ0) is 14.7. The van der Waals surface area contributed by atoms with Crippen LogP contribution in [0.3, 0.4) is 0 Å². The Kier molecular flexibility index (Phi) is 4.51. The molecule has 1 heterocycles. The second-order valence-electron chi connectivity index (χ2n) is 6.73. The van der Waals surface area contributed by atoms with Crippen LogP contribution in [0.25, 0.3) is 0 Å². The highest BCUT2D eigenvalue weighted by Gasteiger charge is 2.38. The molecule has 3 nitrogen and oxygen atoms in total. The molecule has 1 unspecified atom stereocenters. The molecule has 0 bridgehead atoms. The highest BCUT2D eigenvalue weighted by molar-refractivity contribution is 5.56. The molecule has 116 valence electrons. The van der Waals surface area contributed by atoms with E-state index in [1.807, 2.05) is 0 Å². The van der Waals surface area contributed by atoms with Crippen molar-refractivity contribution in [3.05, 3.63) is 29.8 Å². The molecule has 0 radical (unpaired) electrons. The summed E-state index contributed by atoms with van der Waals surface area (Å²) < 4.78 is 5.30. The maximum absolute atomic E-state index is 5.30. The Balaban J connectivity index is 1.88. The second kappa shape index (κ2) is 6.37. The number of methoxy groups -OCH3 is 1. The van der Waals surface area contributed by atoms with E-state index in [-0.39, 0.29) is 0 Å². The van der Waals surface area contributed by atoms with E-state index in [1.54, 1.807) is 7.11 Å². The van der Waals surface area contributed by atoms with E-state index in [1.165, 1.54) is 36.9 Å². The summed E-state index contributed by atoms with van der Waals surface area (Å²) in [5, 5.41) is 3.88. The van der Waals surface area contributed by atoms with Gasteiger partial charge in [-0.25, -0.2) is 0 Å². The second-order valence-corrected chi connectivity index (χ2v) is 6.73. The van der Waals surface area contributed by atoms with Gasteiger partial charge in [-0.1, -0.05) is 31.0 Å². The van der Waals surface area contributed by atoms with E-state index in [9.17, 15) is 0 Å². The minimum atomic E-state index is 0.320. The van der Waals surface area contributed by atoms with E-state index in [0.717, 1.165) is 26.1 Å². The highest BCUT2D eigenvalue weighted by Crippen LogP contribution is 2.36. The molecule has 21 heavy (non-hydrogen) atoms. The first kappa shape index (κ1) is 14.9. The van der Waals surface area contributed by atoms with Gasteiger partial charge in [-0.05, 0) is 37.8 Å². The summed E-state index contributed by atoms with van der Waals surface area (Å²) in [6, 6.07) is 9.40. The first-order chi connectivity index (χ1) is 10.2. The lowest BCUT2D eigenvalue weighted by Crippen LogP contribution is -2.51. The number of ether oxygens (including phenoxy) is 1. The van der Waals surface area contributed by atoms with Crippen molar-refractivity contribution in [3.8, 4) is 0 Å². The van der Waals surface area contributed by atoms with Crippen LogP contribution in [0.15, 0.2) is 24.3 Å². The largest absolute Gasteiger partial charge is 0.385 e. The van der Waals surface area contributed by atoms with Crippen molar-refractivity contribution in [1.82, 2.24) is 5.32 Å². The normalized spacial score (nSPS) is 22.1. The van der Waals surface area contributed by atoms with Crippen molar-refractivity contribution < 1.29 is 4.74 Å². The molecule has 3 rings (SSSR count). The third kappa shape index (κ3) is 3.09. The number of benzene rings is 1. The Bertz CT molecular complexity index is 468. The van der Waals surface area contributed by atoms with E-state index in [2.05, 4.69) is 41.4 Å². The third-order valence-electron chi connectivity index (χ3n) is 5.26. The summed E-state index contributed by atoms with van der Waals surface area (Å²) >= 11 is 0. The fourth-order valence-corrected chi connectivity index (χ4v) is 3.91. The summed E-state index contributed by atoms with van der Waals surface area (Å²) in [5.74, 6) is 0. The predicted octanol–water partition coefficient (Wildman–Crippen LogP) is 3.33. The number of hydrogen-bond acceptors (Lipinski definition) is 3. The smallest absolute Gasteiger partial charge is 0.0481 e. The van der Waals surface area contributed by atoms with Crippen molar-refractivity contribution in [2.45, 2.75) is 57.2 Å². The standard InChI is InChI=1S/C18H28N2O/c1-15(9-12-21-2)20-14-18(10-5-6-11-18)19-13-16-7-3-4-8-17(16)20/h3-4,7-8,15,19H,5-6,9-14H2,1-2H3. The molecule has 1 aromatic rings. The Labute approximate surface area is 128 Å². The molecule has 1 aliphatic carbocycles. The van der Waals surface area contributed by atoms with Gasteiger partial charge in [-0.15, -0.1) is 0 Å². The first-order valence-electron chi connectivity index (χ1n) is 8.33. The van der Waals surface area contributed by atoms with E-state index >= 15 is 0 Å². The lowest BCUT2D eigenvalue weighted by Gasteiger charge is -2.38. The van der Waals surface area contributed by atoms with Gasteiger partial charge >= 0.3 is 0 Å². The van der Waals surface area contributed by atoms with E-state index < -0.39 is 0 Å². The highest BCUT2D eigenvalue weighted by atomic mass is 16.5. The Morgan fingerprint density at radius 2 is 2.05 bits per heavy atom. The van der Waals surface area contributed by atoms with Crippen LogP contribution in [-0.4, -0.2) is 31.8 Å². The summed E-state index contributed by atoms with van der Waals surface area (Å²) in [6.07, 6.45) is 6.44. The Morgan fingerprint density at radius 3 is 2.81 bits per heavy atom. The zero-order valence-corrected chi connectivity index (χ0v) is 13.4. The number of rotatable bonds is 4. The summed E-state index contributed by atoms with van der Waals surface area (Å²) in [6.45, 7) is 5.31. The van der Waals surface area contributed by atoms with Gasteiger partial charge < -0.3 is 15.0 Å². The Hall–Kier alpha value is -1.06. The summed E-state index contributed by atoms with van der Waals surface area (Å²) in [7, 11) is 1.79. The Morgan fingerprint density at radius 1 is 1.29 bits per heavy atom. The number of nitrogens with one attached hydrogen (secondary N) is 1. The van der Waals surface area contributed by atoms with Crippen LogP contribution in [-0.2, 0) is 11.3 Å². The van der Waals surface area contributed by atoms with Crippen LogP contribution < -0.4 is 10.2 Å². The average molecular weight is 288 g/mol. The van der Waals surface area contributed by atoms with Gasteiger partial charge in [0.25, 0.3) is 0 Å². The number of nitrogens with zero attached hydrogens (tertiary/aromatic N) is 1. The van der Waals surface area contributed by atoms with Crippen molar-refractivity contribution in [1.29, 1.82) is 0 Å². The van der Waals surface area contributed by atoms with E-state index in [0.29, 0.717) is 11.6 Å². The summed E-state index contributed by atoms with van der Waals surface area (Å²) in [5.41, 5.74) is 3.17. The molecule has 1 saturated carbocycles. The molecule has 0 amide bonds. The van der Waals surface area contributed by atoms with Gasteiger partial charge in [0.1, 0.15) is 0 Å². The molecule has 1 fully saturated rings. The molecule has 1 N–H and O–H groups in total. The lowest BCUT2D eigenvalue weighted by atomic mass is 9.96. The monoisotopic (exact) mass is 288 g/mol. The van der Waals surface area contributed by atoms with Gasteiger partial charge in [0.05, 0.1) is 0 Å². The van der Waals surface area contributed by atoms with Gasteiger partial charge in [-0.3, -0.25) is 0 Å². The molecule has 2 aliphatic rings. The van der Waals surface area contributed by atoms with Gasteiger partial charge in [0.15, 0.2) is 0 Å². The number of fused-ring (bicyclic) bond motifs is 1. The fraction of sp³-hybridized carbons (Fsp3) is 0.667. The average Bonchev–Trinajstić information content (AvgIpc) is 2.90. The van der Waals surface area contributed by atoms with Gasteiger partial charge in [0.2, 0.25) is 0 Å². The van der Waals surface area contributed by atoms with Crippen molar-refractivity contribution in [2.24, 2.45) is 0 Å². The molecule has 1 spiro atoms. The zero-order valence-electron chi connectivity index (χ0n) is 13.4. The molecule has 0 saturated heterocycles. The molecule has 1 atom stereocenters. The van der Waals surface area contributed by atoms with Gasteiger partial charge in [0, 0.05) is 44.1 Å². The van der Waals surface area contributed by atoms with Crippen LogP contribution in [0.4, 0.5) is 5.69 Å². The van der Waals surface area contributed by atoms with Crippen molar-refractivity contribution in [3.63, 3.8) is 0 Å². The molecular formula is C18H28N2O. The molecule has 3 heteroatoms. The fourth-order valence-electron chi connectivity index (χ4n) is 3.91. The number of hydrogen-bond donors (Lipinski definition) is 1. The van der Waals surface area contributed by atoms with E-state index in [4.69, 9.17) is 4.74 Å². The minimum absolute atomic E-state index is 0.320. The lowest BCUT2D eigenvalue weighted by molar-refractivity contribution is 0.187. The predicted molar refractivity (Wildman–Crippen MR) is 87.8 cm³/mol. The maximum Gasteiger partial charge on any atom is 0.0481 e. The molecule has 0 aromatic heterocycles. The maximum atomic E-state index is 5.30. The van der Waals surface area contributed by atoms with Gasteiger partial charge in [-0.2, -0.15) is 0 Å². The molecule has 1 aromatic carbocycles. The summed E-state index contributed by atoms with van der Waals surface area (Å²) in [4.78, 5) is 2.62. The van der Waals surface area contributed by atoms with Crippen LogP contribution in [0.2, 0.25) is 0 Å². The topological polar surface area (TPSA) is 24.5 Å². The third-order valence-corrected chi connectivity index (χ3v) is 5.26. The molecule has 1 aliphatic heterocycles. The first-order valence-corrected chi connectivity index (χ1v) is 8.33. The number of anilines is 1. The van der Waals surface area contributed by atoms with Crippen LogP contribution in [0.1, 0.15) is 44.6 Å². The molecular weight excluding hydrogens is 260 g/mol. The SMILES string of the molecule is COCCC(C)N1CC2(CCCC2)NCc2ccccc21. The van der Waals surface area contributed by atoms with Crippen LogP contribution in [0, 0.1) is 0 Å². The number of para-hydroxylation sites is 1. The quantitative estimate of drug-likeness (QED) is 0.919. The van der Waals surface area contributed by atoms with Crippen LogP contribution in [0.5, 0.6) is 0 Å². The minimum Gasteiger partial charge on any atom is -0.385 e. The van der Waals surface area contributed by atoms with Crippen molar-refractivity contribution >= 4 is 5.69 Å². The van der Waals surface area contributed by atoms with Crippen LogP contribution >= 0.6 is 0 Å². The van der Waals surface area contributed by atoms with Crippen molar-refractivity contribution in [2.75, 3.05) is 25.2 Å².